The standard InChI is InChI=1S/C18H26O3/c1-13-7-5-6-12-18(13,4)14-8-10-15(11-9-14)21-17(2,3)16(19)20/h8-11,13H,5-7,12H2,1-4H3,(H,19,20)/t13-,18+/m1/s1. The number of hydrogen-bond acceptors (Lipinski definition) is 2. The average Bonchev–Trinajstić information content (AvgIpc) is 2.42. The van der Waals surface area contributed by atoms with Crippen LogP contribution in [0.4, 0.5) is 0 Å². The topological polar surface area (TPSA) is 46.5 Å². The number of rotatable bonds is 4. The maximum atomic E-state index is 11.1. The molecule has 0 saturated heterocycles. The molecule has 0 unspecified atom stereocenters. The lowest BCUT2D eigenvalue weighted by atomic mass is 9.64. The Morgan fingerprint density at radius 2 is 1.90 bits per heavy atom. The molecular formula is C18H26O3. The van der Waals surface area contributed by atoms with E-state index < -0.39 is 11.6 Å². The number of carboxylic acid groups (broad SMARTS) is 1. The molecule has 0 amide bonds. The van der Waals surface area contributed by atoms with E-state index in [9.17, 15) is 4.79 Å². The van der Waals surface area contributed by atoms with Gasteiger partial charge in [0.25, 0.3) is 0 Å². The monoisotopic (exact) mass is 290 g/mol. The highest BCUT2D eigenvalue weighted by molar-refractivity contribution is 5.76. The molecule has 3 heteroatoms. The van der Waals surface area contributed by atoms with Gasteiger partial charge in [0.15, 0.2) is 5.60 Å². The van der Waals surface area contributed by atoms with Crippen molar-refractivity contribution in [3.05, 3.63) is 29.8 Å². The van der Waals surface area contributed by atoms with Crippen LogP contribution in [0.3, 0.4) is 0 Å². The lowest BCUT2D eigenvalue weighted by molar-refractivity contribution is -0.152. The Labute approximate surface area is 127 Å². The second-order valence-corrected chi connectivity index (χ2v) is 7.01. The molecule has 0 bridgehead atoms. The summed E-state index contributed by atoms with van der Waals surface area (Å²) >= 11 is 0. The van der Waals surface area contributed by atoms with Crippen molar-refractivity contribution in [2.45, 2.75) is 64.4 Å². The van der Waals surface area contributed by atoms with Crippen LogP contribution in [0.25, 0.3) is 0 Å². The van der Waals surface area contributed by atoms with Gasteiger partial charge in [-0.1, -0.05) is 38.8 Å². The number of ether oxygens (including phenoxy) is 1. The molecule has 1 aromatic carbocycles. The van der Waals surface area contributed by atoms with E-state index in [0.29, 0.717) is 11.7 Å². The molecule has 0 heterocycles. The van der Waals surface area contributed by atoms with Crippen molar-refractivity contribution in [3.8, 4) is 5.75 Å². The molecule has 21 heavy (non-hydrogen) atoms. The predicted molar refractivity (Wildman–Crippen MR) is 83.8 cm³/mol. The summed E-state index contributed by atoms with van der Waals surface area (Å²) in [6.45, 7) is 7.80. The molecule has 0 spiro atoms. The second kappa shape index (κ2) is 5.70. The molecular weight excluding hydrogens is 264 g/mol. The number of aliphatic carboxylic acids is 1. The first-order chi connectivity index (χ1) is 9.75. The highest BCUT2D eigenvalue weighted by atomic mass is 16.5. The Balaban J connectivity index is 2.17. The summed E-state index contributed by atoms with van der Waals surface area (Å²) in [7, 11) is 0. The number of benzene rings is 1. The van der Waals surface area contributed by atoms with Gasteiger partial charge in [0, 0.05) is 0 Å². The van der Waals surface area contributed by atoms with Gasteiger partial charge in [-0.3, -0.25) is 0 Å². The second-order valence-electron chi connectivity index (χ2n) is 7.01. The summed E-state index contributed by atoms with van der Waals surface area (Å²) in [6, 6.07) is 7.98. The highest BCUT2D eigenvalue weighted by Crippen LogP contribution is 2.43. The largest absolute Gasteiger partial charge is 0.478 e. The van der Waals surface area contributed by atoms with Crippen molar-refractivity contribution in [3.63, 3.8) is 0 Å². The minimum atomic E-state index is -1.20. The molecule has 0 aromatic heterocycles. The Morgan fingerprint density at radius 3 is 2.43 bits per heavy atom. The highest BCUT2D eigenvalue weighted by Gasteiger charge is 2.35. The van der Waals surface area contributed by atoms with E-state index in [0.717, 1.165) is 0 Å². The van der Waals surface area contributed by atoms with Gasteiger partial charge < -0.3 is 9.84 Å². The Bertz CT molecular complexity index is 504. The molecule has 3 nitrogen and oxygen atoms in total. The van der Waals surface area contributed by atoms with Crippen LogP contribution in [0.15, 0.2) is 24.3 Å². The molecule has 1 N–H and O–H groups in total. The van der Waals surface area contributed by atoms with Crippen LogP contribution in [0.5, 0.6) is 5.75 Å². The number of hydrogen-bond donors (Lipinski definition) is 1. The van der Waals surface area contributed by atoms with E-state index in [2.05, 4.69) is 26.0 Å². The van der Waals surface area contributed by atoms with E-state index >= 15 is 0 Å². The third-order valence-corrected chi connectivity index (χ3v) is 5.07. The molecule has 1 aliphatic carbocycles. The lowest BCUT2D eigenvalue weighted by Gasteiger charge is -2.40. The fourth-order valence-corrected chi connectivity index (χ4v) is 3.18. The zero-order chi connectivity index (χ0) is 15.7. The number of carboxylic acids is 1. The minimum Gasteiger partial charge on any atom is -0.478 e. The first-order valence-corrected chi connectivity index (χ1v) is 7.79. The van der Waals surface area contributed by atoms with Crippen molar-refractivity contribution in [1.82, 2.24) is 0 Å². The summed E-state index contributed by atoms with van der Waals surface area (Å²) in [5.74, 6) is 0.325. The van der Waals surface area contributed by atoms with Crippen LogP contribution < -0.4 is 4.74 Å². The first-order valence-electron chi connectivity index (χ1n) is 7.79. The minimum absolute atomic E-state index is 0.221. The first kappa shape index (κ1) is 15.9. The van der Waals surface area contributed by atoms with Gasteiger partial charge in [0.05, 0.1) is 0 Å². The molecule has 2 atom stereocenters. The predicted octanol–water partition coefficient (Wildman–Crippen LogP) is 4.40. The van der Waals surface area contributed by atoms with Crippen LogP contribution in [-0.4, -0.2) is 16.7 Å². The van der Waals surface area contributed by atoms with Crippen LogP contribution in [0.1, 0.15) is 58.9 Å². The van der Waals surface area contributed by atoms with Gasteiger partial charge in [0.2, 0.25) is 0 Å². The van der Waals surface area contributed by atoms with Crippen LogP contribution >= 0.6 is 0 Å². The molecule has 116 valence electrons. The maximum absolute atomic E-state index is 11.1. The summed E-state index contributed by atoms with van der Waals surface area (Å²) in [6.07, 6.45) is 5.10. The fraction of sp³-hybridized carbons (Fsp3) is 0.611. The van der Waals surface area contributed by atoms with Gasteiger partial charge in [-0.15, -0.1) is 0 Å². The molecule has 2 rings (SSSR count). The van der Waals surface area contributed by atoms with Crippen molar-refractivity contribution in [1.29, 1.82) is 0 Å². The van der Waals surface area contributed by atoms with Crippen LogP contribution in [-0.2, 0) is 10.2 Å². The van der Waals surface area contributed by atoms with Crippen molar-refractivity contribution >= 4 is 5.97 Å². The summed E-state index contributed by atoms with van der Waals surface area (Å²) in [5, 5.41) is 9.11. The van der Waals surface area contributed by atoms with Crippen LogP contribution in [0.2, 0.25) is 0 Å². The molecule has 0 radical (unpaired) electrons. The van der Waals surface area contributed by atoms with Gasteiger partial charge in [0.1, 0.15) is 5.75 Å². The molecule has 1 fully saturated rings. The molecule has 1 aliphatic rings. The lowest BCUT2D eigenvalue weighted by Crippen LogP contribution is -2.38. The Morgan fingerprint density at radius 1 is 1.29 bits per heavy atom. The van der Waals surface area contributed by atoms with Crippen molar-refractivity contribution in [2.75, 3.05) is 0 Å². The van der Waals surface area contributed by atoms with Crippen LogP contribution in [0, 0.1) is 5.92 Å². The third-order valence-electron chi connectivity index (χ3n) is 5.07. The van der Waals surface area contributed by atoms with E-state index in [-0.39, 0.29) is 5.41 Å². The fourth-order valence-electron chi connectivity index (χ4n) is 3.18. The third kappa shape index (κ3) is 3.22. The zero-order valence-electron chi connectivity index (χ0n) is 13.5. The summed E-state index contributed by atoms with van der Waals surface area (Å²) < 4.78 is 5.57. The molecule has 1 aromatic rings. The SMILES string of the molecule is C[C@@H]1CCCC[C@]1(C)c1ccc(OC(C)(C)C(=O)O)cc1. The molecule has 0 aliphatic heterocycles. The summed E-state index contributed by atoms with van der Waals surface area (Å²) in [5.41, 5.74) is 0.345. The average molecular weight is 290 g/mol. The van der Waals surface area contributed by atoms with Crippen molar-refractivity contribution in [2.24, 2.45) is 5.92 Å². The number of carbonyl (C=O) groups is 1. The van der Waals surface area contributed by atoms with E-state index in [1.807, 2.05) is 12.1 Å². The van der Waals surface area contributed by atoms with Gasteiger partial charge in [-0.25, -0.2) is 4.79 Å². The maximum Gasteiger partial charge on any atom is 0.347 e. The Kier molecular flexibility index (Phi) is 4.31. The van der Waals surface area contributed by atoms with Crippen molar-refractivity contribution < 1.29 is 14.6 Å². The Hall–Kier alpha value is -1.51. The smallest absolute Gasteiger partial charge is 0.347 e. The van der Waals surface area contributed by atoms with E-state index in [1.54, 1.807) is 13.8 Å². The van der Waals surface area contributed by atoms with E-state index in [4.69, 9.17) is 9.84 Å². The molecule has 1 saturated carbocycles. The van der Waals surface area contributed by atoms with Gasteiger partial charge in [-0.2, -0.15) is 0 Å². The van der Waals surface area contributed by atoms with E-state index in [1.165, 1.54) is 31.2 Å². The van der Waals surface area contributed by atoms with Gasteiger partial charge in [-0.05, 0) is 55.7 Å². The summed E-state index contributed by atoms with van der Waals surface area (Å²) in [4.78, 5) is 11.1. The van der Waals surface area contributed by atoms with Gasteiger partial charge >= 0.3 is 5.97 Å². The quantitative estimate of drug-likeness (QED) is 0.894. The normalized spacial score (nSPS) is 26.4. The zero-order valence-corrected chi connectivity index (χ0v) is 13.5.